The first-order chi connectivity index (χ1) is 11.9. The van der Waals surface area contributed by atoms with Crippen LogP contribution in [-0.2, 0) is 21.4 Å². The van der Waals surface area contributed by atoms with Crippen molar-refractivity contribution in [3.63, 3.8) is 0 Å². The molecule has 2 rings (SSSR count). The first-order valence-corrected chi connectivity index (χ1v) is 9.37. The van der Waals surface area contributed by atoms with E-state index in [2.05, 4.69) is 10.3 Å². The van der Waals surface area contributed by atoms with E-state index in [4.69, 9.17) is 5.26 Å². The molecular weight excluding hydrogens is 340 g/mol. The molecule has 0 bridgehead atoms. The van der Waals surface area contributed by atoms with E-state index in [1.807, 2.05) is 6.07 Å². The highest BCUT2D eigenvalue weighted by atomic mass is 32.2. The molecule has 0 saturated heterocycles. The molecule has 0 spiro atoms. The van der Waals surface area contributed by atoms with Crippen molar-refractivity contribution in [2.75, 3.05) is 18.1 Å². The molecule has 130 valence electrons. The van der Waals surface area contributed by atoms with E-state index < -0.39 is 10.0 Å². The Morgan fingerprint density at radius 1 is 1.32 bits per heavy atom. The molecule has 1 N–H and O–H groups in total. The van der Waals surface area contributed by atoms with Crippen molar-refractivity contribution in [2.45, 2.75) is 13.0 Å². The Bertz CT molecular complexity index is 876. The van der Waals surface area contributed by atoms with Crippen LogP contribution < -0.4 is 5.32 Å². The maximum Gasteiger partial charge on any atom is 0.225 e. The topological polar surface area (TPSA) is 103 Å². The number of nitrogens with one attached hydrogen (secondary N) is 1. The minimum absolute atomic E-state index is 0.00408. The van der Waals surface area contributed by atoms with E-state index in [0.717, 1.165) is 11.8 Å². The standard InChI is InChI=1S/C17H18N4O3S/c1-25(23,24)21(13-15-5-3-8-19-12-15)9-7-17(22)20-16-6-2-4-14(10-16)11-18/h2-6,8,10,12H,7,9,13H2,1H3,(H,20,22). The number of nitrogens with zero attached hydrogens (tertiary/aromatic N) is 3. The second kappa shape index (κ2) is 8.37. The van der Waals surface area contributed by atoms with Gasteiger partial charge in [0.15, 0.2) is 0 Å². The Morgan fingerprint density at radius 3 is 2.76 bits per heavy atom. The summed E-state index contributed by atoms with van der Waals surface area (Å²) in [5.74, 6) is -0.324. The average molecular weight is 358 g/mol. The Kier molecular flexibility index (Phi) is 6.22. The van der Waals surface area contributed by atoms with Crippen molar-refractivity contribution in [1.82, 2.24) is 9.29 Å². The zero-order valence-electron chi connectivity index (χ0n) is 13.7. The van der Waals surface area contributed by atoms with Gasteiger partial charge in [0, 0.05) is 37.6 Å². The van der Waals surface area contributed by atoms with Crippen LogP contribution in [0.4, 0.5) is 5.69 Å². The molecule has 0 aliphatic heterocycles. The predicted octanol–water partition coefficient (Wildman–Crippen LogP) is 1.74. The number of anilines is 1. The summed E-state index contributed by atoms with van der Waals surface area (Å²) in [6, 6.07) is 12.0. The van der Waals surface area contributed by atoms with Crippen LogP contribution in [0.25, 0.3) is 0 Å². The lowest BCUT2D eigenvalue weighted by atomic mass is 10.2. The number of carbonyl (C=O) groups is 1. The van der Waals surface area contributed by atoms with Crippen LogP contribution in [0, 0.1) is 11.3 Å². The van der Waals surface area contributed by atoms with Crippen LogP contribution in [0.1, 0.15) is 17.5 Å². The molecule has 1 heterocycles. The van der Waals surface area contributed by atoms with Gasteiger partial charge in [-0.1, -0.05) is 12.1 Å². The summed E-state index contributed by atoms with van der Waals surface area (Å²) in [6.45, 7) is 0.210. The molecule has 0 aliphatic rings. The fourth-order valence-corrected chi connectivity index (χ4v) is 2.98. The van der Waals surface area contributed by atoms with Crippen LogP contribution in [0.2, 0.25) is 0 Å². The van der Waals surface area contributed by atoms with Crippen LogP contribution >= 0.6 is 0 Å². The molecular formula is C17H18N4O3S. The normalized spacial score (nSPS) is 11.1. The second-order valence-electron chi connectivity index (χ2n) is 5.45. The Morgan fingerprint density at radius 2 is 2.12 bits per heavy atom. The summed E-state index contributed by atoms with van der Waals surface area (Å²) < 4.78 is 25.1. The highest BCUT2D eigenvalue weighted by Gasteiger charge is 2.18. The third kappa shape index (κ3) is 5.99. The van der Waals surface area contributed by atoms with E-state index in [0.29, 0.717) is 11.3 Å². The maximum atomic E-state index is 12.1. The average Bonchev–Trinajstić information content (AvgIpc) is 2.58. The molecule has 8 heteroatoms. The van der Waals surface area contributed by atoms with Crippen molar-refractivity contribution in [2.24, 2.45) is 0 Å². The summed E-state index contributed by atoms with van der Waals surface area (Å²) in [7, 11) is -3.46. The first-order valence-electron chi connectivity index (χ1n) is 7.52. The molecule has 0 unspecified atom stereocenters. The number of hydrogen-bond acceptors (Lipinski definition) is 5. The highest BCUT2D eigenvalue weighted by Crippen LogP contribution is 2.12. The molecule has 1 aromatic heterocycles. The van der Waals surface area contributed by atoms with Gasteiger partial charge in [0.2, 0.25) is 15.9 Å². The Balaban J connectivity index is 1.98. The van der Waals surface area contributed by atoms with Crippen molar-refractivity contribution in [1.29, 1.82) is 5.26 Å². The third-order valence-corrected chi connectivity index (χ3v) is 4.66. The summed E-state index contributed by atoms with van der Waals surface area (Å²) in [4.78, 5) is 16.0. The summed E-state index contributed by atoms with van der Waals surface area (Å²) in [5.41, 5.74) is 1.68. The van der Waals surface area contributed by atoms with Crippen molar-refractivity contribution in [3.05, 3.63) is 59.9 Å². The van der Waals surface area contributed by atoms with Gasteiger partial charge in [-0.05, 0) is 29.8 Å². The van der Waals surface area contributed by atoms with Gasteiger partial charge >= 0.3 is 0 Å². The molecule has 0 atom stereocenters. The third-order valence-electron chi connectivity index (χ3n) is 3.41. The number of hydrogen-bond donors (Lipinski definition) is 1. The molecule has 25 heavy (non-hydrogen) atoms. The molecule has 1 aromatic carbocycles. The van der Waals surface area contributed by atoms with Crippen molar-refractivity contribution < 1.29 is 13.2 Å². The zero-order valence-corrected chi connectivity index (χ0v) is 14.5. The monoisotopic (exact) mass is 358 g/mol. The van der Waals surface area contributed by atoms with Gasteiger partial charge in [0.1, 0.15) is 0 Å². The summed E-state index contributed by atoms with van der Waals surface area (Å²) >= 11 is 0. The quantitative estimate of drug-likeness (QED) is 0.812. The van der Waals surface area contributed by atoms with E-state index in [1.54, 1.807) is 48.8 Å². The molecule has 0 aliphatic carbocycles. The smallest absolute Gasteiger partial charge is 0.225 e. The largest absolute Gasteiger partial charge is 0.326 e. The number of nitriles is 1. The van der Waals surface area contributed by atoms with Crippen LogP contribution in [-0.4, -0.2) is 36.4 Å². The van der Waals surface area contributed by atoms with Crippen LogP contribution in [0.3, 0.4) is 0 Å². The van der Waals surface area contributed by atoms with Crippen molar-refractivity contribution >= 4 is 21.6 Å². The van der Waals surface area contributed by atoms with Crippen LogP contribution in [0.5, 0.6) is 0 Å². The molecule has 0 radical (unpaired) electrons. The maximum absolute atomic E-state index is 12.1. The van der Waals surface area contributed by atoms with Gasteiger partial charge in [0.25, 0.3) is 0 Å². The number of rotatable bonds is 7. The van der Waals surface area contributed by atoms with E-state index in [-0.39, 0.29) is 25.4 Å². The van der Waals surface area contributed by atoms with Crippen LogP contribution in [0.15, 0.2) is 48.8 Å². The molecule has 1 amide bonds. The van der Waals surface area contributed by atoms with Gasteiger partial charge < -0.3 is 5.32 Å². The van der Waals surface area contributed by atoms with E-state index in [1.165, 1.54) is 4.31 Å². The number of amides is 1. The van der Waals surface area contributed by atoms with E-state index in [9.17, 15) is 13.2 Å². The highest BCUT2D eigenvalue weighted by molar-refractivity contribution is 7.88. The number of aromatic nitrogens is 1. The number of carbonyl (C=O) groups excluding carboxylic acids is 1. The molecule has 0 fully saturated rings. The molecule has 0 saturated carbocycles. The number of benzene rings is 1. The van der Waals surface area contributed by atoms with Gasteiger partial charge in [-0.15, -0.1) is 0 Å². The number of pyridine rings is 1. The van der Waals surface area contributed by atoms with Gasteiger partial charge in [-0.25, -0.2) is 8.42 Å². The molecule has 2 aromatic rings. The first kappa shape index (κ1) is 18.6. The fourth-order valence-electron chi connectivity index (χ4n) is 2.17. The van der Waals surface area contributed by atoms with E-state index >= 15 is 0 Å². The SMILES string of the molecule is CS(=O)(=O)N(CCC(=O)Nc1cccc(C#N)c1)Cc1cccnc1. The lowest BCUT2D eigenvalue weighted by molar-refractivity contribution is -0.116. The number of sulfonamides is 1. The molecule has 7 nitrogen and oxygen atoms in total. The lowest BCUT2D eigenvalue weighted by Gasteiger charge is -2.19. The minimum Gasteiger partial charge on any atom is -0.326 e. The minimum atomic E-state index is -3.46. The Labute approximate surface area is 147 Å². The second-order valence-corrected chi connectivity index (χ2v) is 7.43. The summed E-state index contributed by atoms with van der Waals surface area (Å²) in [6.07, 6.45) is 4.31. The van der Waals surface area contributed by atoms with Gasteiger partial charge in [0.05, 0.1) is 17.9 Å². The van der Waals surface area contributed by atoms with Gasteiger partial charge in [-0.3, -0.25) is 9.78 Å². The fraction of sp³-hybridized carbons (Fsp3) is 0.235. The summed E-state index contributed by atoms with van der Waals surface area (Å²) in [5, 5.41) is 11.5. The zero-order chi connectivity index (χ0) is 18.3. The predicted molar refractivity (Wildman–Crippen MR) is 93.9 cm³/mol. The van der Waals surface area contributed by atoms with Crippen molar-refractivity contribution in [3.8, 4) is 6.07 Å². The Hall–Kier alpha value is -2.76. The van der Waals surface area contributed by atoms with Gasteiger partial charge in [-0.2, -0.15) is 9.57 Å². The lowest BCUT2D eigenvalue weighted by Crippen LogP contribution is -2.32.